The van der Waals surface area contributed by atoms with E-state index in [0.717, 1.165) is 30.1 Å². The third-order valence-electron chi connectivity index (χ3n) is 2.92. The van der Waals surface area contributed by atoms with E-state index in [4.69, 9.17) is 10.5 Å². The monoisotopic (exact) mass is 262 g/mol. The number of hydrogen-bond acceptors (Lipinski definition) is 4. The van der Waals surface area contributed by atoms with Crippen molar-refractivity contribution in [3.63, 3.8) is 0 Å². The molecule has 18 heavy (non-hydrogen) atoms. The predicted molar refractivity (Wildman–Crippen MR) is 78.4 cm³/mol. The van der Waals surface area contributed by atoms with Crippen LogP contribution < -0.4 is 15.8 Å². The fourth-order valence-electron chi connectivity index (χ4n) is 1.83. The van der Waals surface area contributed by atoms with Crippen LogP contribution in [0.15, 0.2) is 29.6 Å². The molecule has 96 valence electrons. The molecule has 0 amide bonds. The Labute approximate surface area is 112 Å². The van der Waals surface area contributed by atoms with Gasteiger partial charge in [0.25, 0.3) is 0 Å². The molecule has 1 heterocycles. The quantitative estimate of drug-likeness (QED) is 0.811. The maximum absolute atomic E-state index is 5.94. The fourth-order valence-corrected chi connectivity index (χ4v) is 2.74. The van der Waals surface area contributed by atoms with Crippen LogP contribution in [0, 0.1) is 0 Å². The van der Waals surface area contributed by atoms with Gasteiger partial charge in [0.05, 0.1) is 18.5 Å². The van der Waals surface area contributed by atoms with Crippen LogP contribution in [-0.4, -0.2) is 7.11 Å². The summed E-state index contributed by atoms with van der Waals surface area (Å²) in [5.41, 5.74) is 9.00. The van der Waals surface area contributed by atoms with Crippen molar-refractivity contribution < 1.29 is 4.74 Å². The van der Waals surface area contributed by atoms with Crippen molar-refractivity contribution in [1.82, 2.24) is 0 Å². The Balaban J connectivity index is 2.10. The lowest BCUT2D eigenvalue weighted by atomic mass is 10.2. The van der Waals surface area contributed by atoms with Crippen molar-refractivity contribution in [2.75, 3.05) is 18.2 Å². The highest BCUT2D eigenvalue weighted by molar-refractivity contribution is 7.10. The van der Waals surface area contributed by atoms with Gasteiger partial charge in [-0.2, -0.15) is 0 Å². The van der Waals surface area contributed by atoms with E-state index in [9.17, 15) is 0 Å². The summed E-state index contributed by atoms with van der Waals surface area (Å²) in [6.07, 6.45) is 1.06. The summed E-state index contributed by atoms with van der Waals surface area (Å²) in [5, 5.41) is 5.50. The van der Waals surface area contributed by atoms with Gasteiger partial charge in [-0.05, 0) is 35.6 Å². The van der Waals surface area contributed by atoms with Crippen LogP contribution in [0.4, 0.5) is 11.4 Å². The van der Waals surface area contributed by atoms with Gasteiger partial charge >= 0.3 is 0 Å². The number of hydrogen-bond donors (Lipinski definition) is 2. The topological polar surface area (TPSA) is 47.3 Å². The second kappa shape index (κ2) is 5.78. The molecule has 3 nitrogen and oxygen atoms in total. The summed E-state index contributed by atoms with van der Waals surface area (Å²) in [6, 6.07) is 7.82. The van der Waals surface area contributed by atoms with Gasteiger partial charge in [0.2, 0.25) is 0 Å². The van der Waals surface area contributed by atoms with E-state index in [1.54, 1.807) is 18.4 Å². The lowest BCUT2D eigenvalue weighted by Gasteiger charge is -2.11. The Morgan fingerprint density at radius 1 is 1.33 bits per heavy atom. The van der Waals surface area contributed by atoms with Crippen LogP contribution in [0.1, 0.15) is 17.4 Å². The van der Waals surface area contributed by atoms with E-state index in [1.807, 2.05) is 18.2 Å². The SMILES string of the molecule is CCc1ccsc1CNc1cc(OC)ccc1N. The molecule has 0 aliphatic rings. The van der Waals surface area contributed by atoms with Gasteiger partial charge in [0.1, 0.15) is 5.75 Å². The highest BCUT2D eigenvalue weighted by Crippen LogP contribution is 2.26. The number of aryl methyl sites for hydroxylation is 1. The Kier molecular flexibility index (Phi) is 4.10. The molecule has 0 radical (unpaired) electrons. The van der Waals surface area contributed by atoms with Gasteiger partial charge in [-0.1, -0.05) is 6.92 Å². The number of benzene rings is 1. The zero-order chi connectivity index (χ0) is 13.0. The van der Waals surface area contributed by atoms with Crippen molar-refractivity contribution in [2.45, 2.75) is 19.9 Å². The third-order valence-corrected chi connectivity index (χ3v) is 3.88. The Bertz CT molecular complexity index is 522. The summed E-state index contributed by atoms with van der Waals surface area (Å²) >= 11 is 1.77. The maximum Gasteiger partial charge on any atom is 0.121 e. The number of thiophene rings is 1. The second-order valence-corrected chi connectivity index (χ2v) is 5.03. The molecule has 0 saturated carbocycles. The van der Waals surface area contributed by atoms with Gasteiger partial charge in [0.15, 0.2) is 0 Å². The van der Waals surface area contributed by atoms with Crippen LogP contribution in [0.3, 0.4) is 0 Å². The summed E-state index contributed by atoms with van der Waals surface area (Å²) in [4.78, 5) is 1.36. The first-order valence-corrected chi connectivity index (χ1v) is 6.85. The van der Waals surface area contributed by atoms with E-state index in [2.05, 4.69) is 23.7 Å². The van der Waals surface area contributed by atoms with E-state index < -0.39 is 0 Å². The highest BCUT2D eigenvalue weighted by Gasteiger charge is 2.05. The fraction of sp³-hybridized carbons (Fsp3) is 0.286. The molecule has 0 fully saturated rings. The molecule has 1 aromatic heterocycles. The van der Waals surface area contributed by atoms with Gasteiger partial charge in [0, 0.05) is 17.5 Å². The molecule has 0 spiro atoms. The Morgan fingerprint density at radius 3 is 2.89 bits per heavy atom. The van der Waals surface area contributed by atoms with Crippen LogP contribution >= 0.6 is 11.3 Å². The summed E-state index contributed by atoms with van der Waals surface area (Å²) in [6.45, 7) is 2.98. The number of ether oxygens (including phenoxy) is 1. The molecule has 3 N–H and O–H groups in total. The molecule has 0 unspecified atom stereocenters. The molecule has 0 bridgehead atoms. The molecule has 0 aliphatic heterocycles. The smallest absolute Gasteiger partial charge is 0.121 e. The molecule has 2 aromatic rings. The van der Waals surface area contributed by atoms with Gasteiger partial charge in [-0.25, -0.2) is 0 Å². The first-order valence-electron chi connectivity index (χ1n) is 5.97. The number of nitrogens with two attached hydrogens (primary N) is 1. The van der Waals surface area contributed by atoms with Crippen LogP contribution in [0.2, 0.25) is 0 Å². The minimum Gasteiger partial charge on any atom is -0.497 e. The van der Waals surface area contributed by atoms with Crippen molar-refractivity contribution in [2.24, 2.45) is 0 Å². The average Bonchev–Trinajstić information content (AvgIpc) is 2.85. The van der Waals surface area contributed by atoms with Crippen molar-refractivity contribution in [3.05, 3.63) is 40.1 Å². The second-order valence-electron chi connectivity index (χ2n) is 4.03. The highest BCUT2D eigenvalue weighted by atomic mass is 32.1. The van der Waals surface area contributed by atoms with Crippen molar-refractivity contribution in [3.8, 4) is 5.75 Å². The van der Waals surface area contributed by atoms with E-state index in [1.165, 1.54) is 10.4 Å². The summed E-state index contributed by atoms with van der Waals surface area (Å²) in [5.74, 6) is 0.814. The Hall–Kier alpha value is -1.68. The van der Waals surface area contributed by atoms with Gasteiger partial charge < -0.3 is 15.8 Å². The predicted octanol–water partition coefficient (Wildman–Crippen LogP) is 3.51. The van der Waals surface area contributed by atoms with Crippen LogP contribution in [0.25, 0.3) is 0 Å². The number of nitrogen functional groups attached to an aromatic ring is 1. The number of rotatable bonds is 5. The molecule has 0 atom stereocenters. The standard InChI is InChI=1S/C14H18N2OS/c1-3-10-6-7-18-14(10)9-16-13-8-11(17-2)4-5-12(13)15/h4-8,16H,3,9,15H2,1-2H3. The number of nitrogens with one attached hydrogen (secondary N) is 1. The summed E-state index contributed by atoms with van der Waals surface area (Å²) in [7, 11) is 1.66. The van der Waals surface area contributed by atoms with E-state index >= 15 is 0 Å². The molecule has 1 aromatic carbocycles. The first kappa shape index (κ1) is 12.8. The number of anilines is 2. The molecule has 4 heteroatoms. The van der Waals surface area contributed by atoms with E-state index in [0.29, 0.717) is 0 Å². The minimum absolute atomic E-state index is 0.741. The first-order chi connectivity index (χ1) is 8.74. The normalized spacial score (nSPS) is 10.3. The lowest BCUT2D eigenvalue weighted by Crippen LogP contribution is -2.03. The van der Waals surface area contributed by atoms with Crippen molar-refractivity contribution in [1.29, 1.82) is 0 Å². The number of methoxy groups -OCH3 is 1. The zero-order valence-corrected chi connectivity index (χ0v) is 11.5. The minimum atomic E-state index is 0.741. The molecular weight excluding hydrogens is 244 g/mol. The average molecular weight is 262 g/mol. The van der Waals surface area contributed by atoms with Gasteiger partial charge in [-0.15, -0.1) is 11.3 Å². The zero-order valence-electron chi connectivity index (χ0n) is 10.7. The molecular formula is C14H18N2OS. The van der Waals surface area contributed by atoms with E-state index in [-0.39, 0.29) is 0 Å². The van der Waals surface area contributed by atoms with Crippen molar-refractivity contribution >= 4 is 22.7 Å². The molecule has 0 aliphatic carbocycles. The lowest BCUT2D eigenvalue weighted by molar-refractivity contribution is 0.415. The van der Waals surface area contributed by atoms with Gasteiger partial charge in [-0.3, -0.25) is 0 Å². The Morgan fingerprint density at radius 2 is 2.17 bits per heavy atom. The third kappa shape index (κ3) is 2.76. The molecule has 2 rings (SSSR count). The molecule has 0 saturated heterocycles. The maximum atomic E-state index is 5.94. The summed E-state index contributed by atoms with van der Waals surface area (Å²) < 4.78 is 5.20. The van der Waals surface area contributed by atoms with Crippen LogP contribution in [0.5, 0.6) is 5.75 Å². The largest absolute Gasteiger partial charge is 0.497 e. The van der Waals surface area contributed by atoms with Crippen LogP contribution in [-0.2, 0) is 13.0 Å².